The lowest BCUT2D eigenvalue weighted by atomic mass is 10.1. The molecule has 3 N–H and O–H groups in total. The Labute approximate surface area is 85.7 Å². The van der Waals surface area contributed by atoms with Gasteiger partial charge in [0.2, 0.25) is 0 Å². The largest absolute Gasteiger partial charge is 0.330 e. The van der Waals surface area contributed by atoms with Gasteiger partial charge >= 0.3 is 0 Å². The predicted molar refractivity (Wildman–Crippen MR) is 58.9 cm³/mol. The summed E-state index contributed by atoms with van der Waals surface area (Å²) in [5.74, 6) is 0. The molecule has 0 aliphatic rings. The molecule has 0 aliphatic heterocycles. The average molecular weight is 193 g/mol. The summed E-state index contributed by atoms with van der Waals surface area (Å²) in [4.78, 5) is 4.33. The average Bonchev–Trinajstić information content (AvgIpc) is 2.26. The topological polar surface area (TPSA) is 50.9 Å². The number of unbranched alkanes of at least 4 members (excludes halogenated alkanes) is 1. The quantitative estimate of drug-likeness (QED) is 0.673. The summed E-state index contributed by atoms with van der Waals surface area (Å²) >= 11 is 0. The second-order valence-corrected chi connectivity index (χ2v) is 3.38. The SMILES string of the molecule is CNC(CCCCN)c1ccccn1. The van der Waals surface area contributed by atoms with E-state index in [1.54, 1.807) is 0 Å². The molecule has 0 spiro atoms. The third-order valence-electron chi connectivity index (χ3n) is 2.34. The Balaban J connectivity index is 2.46. The van der Waals surface area contributed by atoms with Crippen molar-refractivity contribution in [1.29, 1.82) is 0 Å². The second kappa shape index (κ2) is 6.51. The molecule has 1 rings (SSSR count). The summed E-state index contributed by atoms with van der Waals surface area (Å²) in [6, 6.07) is 6.39. The summed E-state index contributed by atoms with van der Waals surface area (Å²) in [6.45, 7) is 0.776. The molecular weight excluding hydrogens is 174 g/mol. The second-order valence-electron chi connectivity index (χ2n) is 3.38. The van der Waals surface area contributed by atoms with E-state index in [4.69, 9.17) is 5.73 Å². The molecule has 14 heavy (non-hydrogen) atoms. The summed E-state index contributed by atoms with van der Waals surface area (Å²) in [5.41, 5.74) is 6.58. The summed E-state index contributed by atoms with van der Waals surface area (Å²) in [5, 5.41) is 3.27. The van der Waals surface area contributed by atoms with Crippen LogP contribution in [0.5, 0.6) is 0 Å². The van der Waals surface area contributed by atoms with Crippen molar-refractivity contribution in [3.05, 3.63) is 30.1 Å². The van der Waals surface area contributed by atoms with Crippen LogP contribution in [-0.2, 0) is 0 Å². The van der Waals surface area contributed by atoms with Crippen LogP contribution in [0.2, 0.25) is 0 Å². The Morgan fingerprint density at radius 2 is 2.29 bits per heavy atom. The summed E-state index contributed by atoms with van der Waals surface area (Å²) in [6.07, 6.45) is 5.18. The van der Waals surface area contributed by atoms with Gasteiger partial charge in [-0.3, -0.25) is 4.98 Å². The van der Waals surface area contributed by atoms with E-state index in [0.717, 1.165) is 31.5 Å². The zero-order chi connectivity index (χ0) is 10.2. The van der Waals surface area contributed by atoms with Crippen LogP contribution >= 0.6 is 0 Å². The molecule has 0 amide bonds. The number of nitrogens with one attached hydrogen (secondary N) is 1. The lowest BCUT2D eigenvalue weighted by Crippen LogP contribution is -2.17. The Hall–Kier alpha value is -0.930. The molecular formula is C11H19N3. The van der Waals surface area contributed by atoms with Crippen LogP contribution in [0.15, 0.2) is 24.4 Å². The minimum atomic E-state index is 0.364. The van der Waals surface area contributed by atoms with Crippen molar-refractivity contribution in [2.45, 2.75) is 25.3 Å². The molecule has 0 fully saturated rings. The molecule has 0 aromatic carbocycles. The molecule has 1 unspecified atom stereocenters. The van der Waals surface area contributed by atoms with Gasteiger partial charge in [0.15, 0.2) is 0 Å². The van der Waals surface area contributed by atoms with Crippen LogP contribution < -0.4 is 11.1 Å². The number of hydrogen-bond donors (Lipinski definition) is 2. The predicted octanol–water partition coefficient (Wildman–Crippen LogP) is 1.47. The fourth-order valence-corrected chi connectivity index (χ4v) is 1.51. The molecule has 1 heterocycles. The van der Waals surface area contributed by atoms with Gasteiger partial charge in [-0.2, -0.15) is 0 Å². The number of aromatic nitrogens is 1. The highest BCUT2D eigenvalue weighted by molar-refractivity contribution is 5.08. The zero-order valence-electron chi connectivity index (χ0n) is 8.74. The van der Waals surface area contributed by atoms with Crippen LogP contribution in [-0.4, -0.2) is 18.6 Å². The van der Waals surface area contributed by atoms with Crippen molar-refractivity contribution in [1.82, 2.24) is 10.3 Å². The van der Waals surface area contributed by atoms with Gasteiger partial charge in [-0.05, 0) is 38.6 Å². The molecule has 1 aromatic rings. The van der Waals surface area contributed by atoms with Crippen molar-refractivity contribution < 1.29 is 0 Å². The summed E-state index contributed by atoms with van der Waals surface area (Å²) in [7, 11) is 1.97. The maximum Gasteiger partial charge on any atom is 0.0573 e. The lowest BCUT2D eigenvalue weighted by molar-refractivity contribution is 0.506. The first kappa shape index (κ1) is 11.1. The smallest absolute Gasteiger partial charge is 0.0573 e. The molecule has 0 saturated carbocycles. The number of hydrogen-bond acceptors (Lipinski definition) is 3. The maximum atomic E-state index is 5.46. The molecule has 3 nitrogen and oxygen atoms in total. The van der Waals surface area contributed by atoms with Crippen molar-refractivity contribution in [2.75, 3.05) is 13.6 Å². The standard InChI is InChI=1S/C11H19N3/c1-13-10(6-2-4-8-12)11-7-3-5-9-14-11/h3,5,7,9-10,13H,2,4,6,8,12H2,1H3. The van der Waals surface area contributed by atoms with Gasteiger partial charge in [0.05, 0.1) is 5.69 Å². The molecule has 78 valence electrons. The zero-order valence-corrected chi connectivity index (χ0v) is 8.74. The molecule has 0 aliphatic carbocycles. The highest BCUT2D eigenvalue weighted by atomic mass is 14.9. The number of nitrogens with two attached hydrogens (primary N) is 1. The normalized spacial score (nSPS) is 12.7. The molecule has 1 atom stereocenters. The first-order valence-corrected chi connectivity index (χ1v) is 5.16. The van der Waals surface area contributed by atoms with Crippen LogP contribution in [0, 0.1) is 0 Å². The maximum absolute atomic E-state index is 5.46. The highest BCUT2D eigenvalue weighted by Gasteiger charge is 2.08. The highest BCUT2D eigenvalue weighted by Crippen LogP contribution is 2.15. The van der Waals surface area contributed by atoms with E-state index >= 15 is 0 Å². The molecule has 3 heteroatoms. The number of nitrogens with zero attached hydrogens (tertiary/aromatic N) is 1. The first-order valence-electron chi connectivity index (χ1n) is 5.16. The van der Waals surface area contributed by atoms with Crippen LogP contribution in [0.1, 0.15) is 31.0 Å². The van der Waals surface area contributed by atoms with Gasteiger partial charge in [0.1, 0.15) is 0 Å². The van der Waals surface area contributed by atoms with Gasteiger partial charge in [-0.25, -0.2) is 0 Å². The van der Waals surface area contributed by atoms with E-state index in [1.807, 2.05) is 25.4 Å². The molecule has 0 radical (unpaired) electrons. The molecule has 1 aromatic heterocycles. The van der Waals surface area contributed by atoms with Crippen LogP contribution in [0.3, 0.4) is 0 Å². The Morgan fingerprint density at radius 1 is 1.43 bits per heavy atom. The number of rotatable bonds is 6. The fraction of sp³-hybridized carbons (Fsp3) is 0.545. The van der Waals surface area contributed by atoms with E-state index < -0.39 is 0 Å². The lowest BCUT2D eigenvalue weighted by Gasteiger charge is -2.14. The van der Waals surface area contributed by atoms with Crippen molar-refractivity contribution in [3.8, 4) is 0 Å². The van der Waals surface area contributed by atoms with Gasteiger partial charge in [-0.15, -0.1) is 0 Å². The van der Waals surface area contributed by atoms with Crippen molar-refractivity contribution >= 4 is 0 Å². The van der Waals surface area contributed by atoms with Gasteiger partial charge in [0, 0.05) is 12.2 Å². The monoisotopic (exact) mass is 193 g/mol. The van der Waals surface area contributed by atoms with Crippen LogP contribution in [0.4, 0.5) is 0 Å². The molecule has 0 bridgehead atoms. The van der Waals surface area contributed by atoms with E-state index in [1.165, 1.54) is 0 Å². The Morgan fingerprint density at radius 3 is 2.86 bits per heavy atom. The van der Waals surface area contributed by atoms with Crippen molar-refractivity contribution in [3.63, 3.8) is 0 Å². The van der Waals surface area contributed by atoms with Gasteiger partial charge < -0.3 is 11.1 Å². The van der Waals surface area contributed by atoms with E-state index in [9.17, 15) is 0 Å². The van der Waals surface area contributed by atoms with Gasteiger partial charge in [0.25, 0.3) is 0 Å². The third-order valence-corrected chi connectivity index (χ3v) is 2.34. The van der Waals surface area contributed by atoms with E-state index in [-0.39, 0.29) is 0 Å². The Bertz CT molecular complexity index is 236. The molecule has 0 saturated heterocycles. The fourth-order valence-electron chi connectivity index (χ4n) is 1.51. The Kier molecular flexibility index (Phi) is 5.19. The van der Waals surface area contributed by atoms with E-state index in [0.29, 0.717) is 6.04 Å². The van der Waals surface area contributed by atoms with Crippen molar-refractivity contribution in [2.24, 2.45) is 5.73 Å². The minimum absolute atomic E-state index is 0.364. The third kappa shape index (κ3) is 3.44. The van der Waals surface area contributed by atoms with Crippen LogP contribution in [0.25, 0.3) is 0 Å². The number of pyridine rings is 1. The summed E-state index contributed by atoms with van der Waals surface area (Å²) < 4.78 is 0. The van der Waals surface area contributed by atoms with E-state index in [2.05, 4.69) is 16.4 Å². The first-order chi connectivity index (χ1) is 6.88. The minimum Gasteiger partial charge on any atom is -0.330 e. The van der Waals surface area contributed by atoms with Gasteiger partial charge in [-0.1, -0.05) is 12.5 Å².